The molecule has 1 heterocycles. The summed E-state index contributed by atoms with van der Waals surface area (Å²) >= 11 is 0. The van der Waals surface area contributed by atoms with Crippen molar-refractivity contribution >= 4 is 0 Å². The fourth-order valence-electron chi connectivity index (χ4n) is 3.48. The van der Waals surface area contributed by atoms with Crippen molar-refractivity contribution in [2.45, 2.75) is 6.61 Å². The normalized spacial score (nSPS) is 10.6. The summed E-state index contributed by atoms with van der Waals surface area (Å²) in [6, 6.07) is 13.0. The van der Waals surface area contributed by atoms with Crippen molar-refractivity contribution in [3.8, 4) is 56.8 Å². The molecule has 0 radical (unpaired) electrons. The third kappa shape index (κ3) is 4.45. The number of hydrogen-bond acceptors (Lipinski definition) is 8. The molecular weight excluding hydrogens is 424 g/mol. The predicted molar refractivity (Wildman–Crippen MR) is 122 cm³/mol. The van der Waals surface area contributed by atoms with Gasteiger partial charge in [-0.1, -0.05) is 18.2 Å². The lowest BCUT2D eigenvalue weighted by molar-refractivity contribution is 0.284. The molecular formula is C25H22N2O6. The van der Waals surface area contributed by atoms with E-state index in [1.165, 1.54) is 20.3 Å². The Hall–Kier alpha value is -4.46. The van der Waals surface area contributed by atoms with E-state index < -0.39 is 0 Å². The third-order valence-electron chi connectivity index (χ3n) is 5.06. The molecule has 0 bridgehead atoms. The molecule has 8 nitrogen and oxygen atoms in total. The number of ether oxygens (including phenoxy) is 3. The highest BCUT2D eigenvalue weighted by Gasteiger charge is 2.22. The van der Waals surface area contributed by atoms with Crippen LogP contribution in [0.25, 0.3) is 22.3 Å². The van der Waals surface area contributed by atoms with Crippen LogP contribution >= 0.6 is 0 Å². The van der Waals surface area contributed by atoms with Gasteiger partial charge in [0.2, 0.25) is 0 Å². The van der Waals surface area contributed by atoms with Crippen molar-refractivity contribution in [3.63, 3.8) is 0 Å². The molecule has 0 unspecified atom stereocenters. The summed E-state index contributed by atoms with van der Waals surface area (Å²) < 4.78 is 16.7. The Morgan fingerprint density at radius 3 is 2.21 bits per heavy atom. The number of phenols is 3. The number of phenolic OH excluding ortho intramolecular Hbond substituents is 3. The van der Waals surface area contributed by atoms with Crippen LogP contribution in [0.1, 0.15) is 5.69 Å². The smallest absolute Gasteiger partial charge is 0.170 e. The minimum atomic E-state index is -0.146. The van der Waals surface area contributed by atoms with E-state index in [0.717, 1.165) is 5.56 Å². The van der Waals surface area contributed by atoms with E-state index in [9.17, 15) is 15.3 Å². The van der Waals surface area contributed by atoms with Crippen LogP contribution in [0.2, 0.25) is 0 Å². The fraction of sp³-hybridized carbons (Fsp3) is 0.120. The van der Waals surface area contributed by atoms with E-state index in [1.54, 1.807) is 61.1 Å². The predicted octanol–water partition coefficient (Wildman–Crippen LogP) is 4.52. The number of hydrogen-bond donors (Lipinski definition) is 3. The van der Waals surface area contributed by atoms with Gasteiger partial charge in [0.1, 0.15) is 18.1 Å². The van der Waals surface area contributed by atoms with Crippen molar-refractivity contribution in [1.82, 2.24) is 9.97 Å². The van der Waals surface area contributed by atoms with Gasteiger partial charge in [-0.2, -0.15) is 0 Å². The minimum Gasteiger partial charge on any atom is -0.508 e. The molecule has 0 saturated carbocycles. The van der Waals surface area contributed by atoms with Gasteiger partial charge < -0.3 is 29.5 Å². The quantitative estimate of drug-likeness (QED) is 0.380. The molecule has 0 saturated heterocycles. The summed E-state index contributed by atoms with van der Waals surface area (Å²) in [5, 5.41) is 31.2. The lowest BCUT2D eigenvalue weighted by atomic mass is 9.96. The van der Waals surface area contributed by atoms with Gasteiger partial charge in [-0.3, -0.25) is 9.97 Å². The lowest BCUT2D eigenvalue weighted by Gasteiger charge is -2.18. The van der Waals surface area contributed by atoms with Crippen LogP contribution in [0, 0.1) is 0 Å². The monoisotopic (exact) mass is 446 g/mol. The molecule has 0 amide bonds. The first-order valence-corrected chi connectivity index (χ1v) is 10.00. The molecule has 3 aromatic carbocycles. The molecule has 1 aromatic heterocycles. The maximum absolute atomic E-state index is 11.1. The highest BCUT2D eigenvalue weighted by molar-refractivity contribution is 5.88. The Bertz CT molecular complexity index is 1260. The van der Waals surface area contributed by atoms with Crippen LogP contribution in [0.15, 0.2) is 67.1 Å². The van der Waals surface area contributed by atoms with Crippen LogP contribution in [-0.4, -0.2) is 39.5 Å². The Morgan fingerprint density at radius 2 is 1.58 bits per heavy atom. The Morgan fingerprint density at radius 1 is 0.818 bits per heavy atom. The van der Waals surface area contributed by atoms with Crippen LogP contribution in [0.5, 0.6) is 34.5 Å². The molecule has 168 valence electrons. The summed E-state index contributed by atoms with van der Waals surface area (Å²) in [4.78, 5) is 8.11. The molecule has 0 aliphatic heterocycles. The molecule has 33 heavy (non-hydrogen) atoms. The highest BCUT2D eigenvalue weighted by atomic mass is 16.5. The summed E-state index contributed by atoms with van der Waals surface area (Å²) in [6.07, 6.45) is 4.71. The molecule has 4 rings (SSSR count). The van der Waals surface area contributed by atoms with E-state index in [4.69, 9.17) is 14.2 Å². The maximum Gasteiger partial charge on any atom is 0.170 e. The van der Waals surface area contributed by atoms with E-state index in [1.807, 2.05) is 0 Å². The number of aromatic hydroxyl groups is 3. The molecule has 3 N–H and O–H groups in total. The maximum atomic E-state index is 11.1. The van der Waals surface area contributed by atoms with Crippen molar-refractivity contribution < 1.29 is 29.5 Å². The molecule has 0 spiro atoms. The average Bonchev–Trinajstić information content (AvgIpc) is 2.84. The van der Waals surface area contributed by atoms with Crippen molar-refractivity contribution in [2.24, 2.45) is 0 Å². The summed E-state index contributed by atoms with van der Waals surface area (Å²) in [7, 11) is 2.94. The molecule has 4 aromatic rings. The second-order valence-corrected chi connectivity index (χ2v) is 7.10. The van der Waals surface area contributed by atoms with Crippen molar-refractivity contribution in [3.05, 3.63) is 72.8 Å². The minimum absolute atomic E-state index is 0.112. The second-order valence-electron chi connectivity index (χ2n) is 7.10. The number of nitrogens with zero attached hydrogens (tertiary/aromatic N) is 2. The van der Waals surface area contributed by atoms with Gasteiger partial charge in [-0.05, 0) is 41.5 Å². The van der Waals surface area contributed by atoms with E-state index >= 15 is 0 Å². The third-order valence-corrected chi connectivity index (χ3v) is 5.06. The molecule has 0 atom stereocenters. The topological polar surface area (TPSA) is 114 Å². The number of benzene rings is 3. The van der Waals surface area contributed by atoms with E-state index in [0.29, 0.717) is 28.1 Å². The number of rotatable bonds is 7. The first-order valence-electron chi connectivity index (χ1n) is 10.00. The molecule has 0 fully saturated rings. The molecule has 8 heteroatoms. The fourth-order valence-corrected chi connectivity index (χ4v) is 3.48. The van der Waals surface area contributed by atoms with Gasteiger partial charge in [-0.15, -0.1) is 0 Å². The van der Waals surface area contributed by atoms with Crippen LogP contribution in [0.4, 0.5) is 0 Å². The van der Waals surface area contributed by atoms with Crippen LogP contribution < -0.4 is 14.2 Å². The number of aromatic nitrogens is 2. The lowest BCUT2D eigenvalue weighted by Crippen LogP contribution is -1.99. The van der Waals surface area contributed by atoms with Gasteiger partial charge >= 0.3 is 0 Å². The largest absolute Gasteiger partial charge is 0.508 e. The average molecular weight is 446 g/mol. The molecule has 0 aliphatic rings. The highest BCUT2D eigenvalue weighted by Crippen LogP contribution is 2.50. The van der Waals surface area contributed by atoms with Crippen molar-refractivity contribution in [2.75, 3.05) is 14.2 Å². The summed E-state index contributed by atoms with van der Waals surface area (Å²) in [6.45, 7) is 0.143. The van der Waals surface area contributed by atoms with Gasteiger partial charge in [0, 0.05) is 18.0 Å². The van der Waals surface area contributed by atoms with Crippen molar-refractivity contribution in [1.29, 1.82) is 0 Å². The SMILES string of the molecule is COc1cc(-c2ccc(O)cc2)c(OC)c(O)c1-c1ccc(OCc2cnccn2)c(O)c1. The zero-order valence-electron chi connectivity index (χ0n) is 18.0. The molecule has 0 aliphatic carbocycles. The van der Waals surface area contributed by atoms with Crippen LogP contribution in [-0.2, 0) is 6.61 Å². The first-order chi connectivity index (χ1) is 16.0. The van der Waals surface area contributed by atoms with E-state index in [2.05, 4.69) is 9.97 Å². The van der Waals surface area contributed by atoms with Gasteiger partial charge in [-0.25, -0.2) is 0 Å². The van der Waals surface area contributed by atoms with Crippen LogP contribution in [0.3, 0.4) is 0 Å². The van der Waals surface area contributed by atoms with Gasteiger partial charge in [0.15, 0.2) is 23.0 Å². The Labute approximate surface area is 190 Å². The Kier molecular flexibility index (Phi) is 6.17. The zero-order chi connectivity index (χ0) is 23.4. The zero-order valence-corrected chi connectivity index (χ0v) is 18.0. The summed E-state index contributed by atoms with van der Waals surface area (Å²) in [5.74, 6) is 0.744. The standard InChI is InChI=1S/C25H22N2O6/c1-31-22-12-19(15-3-6-18(28)7-4-15)25(32-2)24(30)23(22)16-5-8-21(20(29)11-16)33-14-17-13-26-9-10-27-17/h3-13,28-30H,14H2,1-2H3. The van der Waals surface area contributed by atoms with Gasteiger partial charge in [0.05, 0.1) is 31.7 Å². The first kappa shape index (κ1) is 21.8. The van der Waals surface area contributed by atoms with Gasteiger partial charge in [0.25, 0.3) is 0 Å². The Balaban J connectivity index is 1.72. The van der Waals surface area contributed by atoms with E-state index in [-0.39, 0.29) is 35.4 Å². The summed E-state index contributed by atoms with van der Waals surface area (Å²) in [5.41, 5.74) is 2.79. The number of methoxy groups -OCH3 is 2. The second kappa shape index (κ2) is 9.35.